The molecule has 0 unspecified atom stereocenters. The van der Waals surface area contributed by atoms with Gasteiger partial charge in [0.2, 0.25) is 0 Å². The van der Waals surface area contributed by atoms with Gasteiger partial charge in [-0.05, 0) is 38.1 Å². The minimum atomic E-state index is 0.545. The van der Waals surface area contributed by atoms with Crippen molar-refractivity contribution >= 4 is 11.3 Å². The van der Waals surface area contributed by atoms with Crippen LogP contribution in [0.1, 0.15) is 31.1 Å². The van der Waals surface area contributed by atoms with Crippen LogP contribution in [0.5, 0.6) is 0 Å². The standard InChI is InChI=1S/C13H20N2OS/c1-2-16-11-5-13(6-11)3-4-15(9-13)8-12-7-14-10-17-12/h7,10-11H,2-6,8-9H2,1H3. The minimum absolute atomic E-state index is 0.545. The molecule has 1 spiro atoms. The molecule has 1 aliphatic carbocycles. The van der Waals surface area contributed by atoms with Crippen molar-refractivity contribution in [2.75, 3.05) is 19.7 Å². The molecule has 0 atom stereocenters. The molecule has 0 aromatic carbocycles. The molecule has 1 saturated carbocycles. The van der Waals surface area contributed by atoms with E-state index in [4.69, 9.17) is 4.74 Å². The summed E-state index contributed by atoms with van der Waals surface area (Å²) in [5.74, 6) is 0. The summed E-state index contributed by atoms with van der Waals surface area (Å²) in [6, 6.07) is 0. The molecule has 1 saturated heterocycles. The summed E-state index contributed by atoms with van der Waals surface area (Å²) in [6.45, 7) is 6.55. The van der Waals surface area contributed by atoms with Crippen LogP contribution in [-0.2, 0) is 11.3 Å². The van der Waals surface area contributed by atoms with Gasteiger partial charge in [-0.3, -0.25) is 9.88 Å². The van der Waals surface area contributed by atoms with Gasteiger partial charge >= 0.3 is 0 Å². The Labute approximate surface area is 107 Å². The van der Waals surface area contributed by atoms with Gasteiger partial charge in [0.15, 0.2) is 0 Å². The molecule has 94 valence electrons. The third-order valence-corrected chi connectivity index (χ3v) is 4.87. The van der Waals surface area contributed by atoms with Gasteiger partial charge in [0.1, 0.15) is 0 Å². The van der Waals surface area contributed by atoms with Crippen LogP contribution >= 0.6 is 11.3 Å². The van der Waals surface area contributed by atoms with Crippen LogP contribution < -0.4 is 0 Å². The van der Waals surface area contributed by atoms with Gasteiger partial charge in [0.25, 0.3) is 0 Å². The lowest BCUT2D eigenvalue weighted by molar-refractivity contribution is -0.0718. The smallest absolute Gasteiger partial charge is 0.0794 e. The number of likely N-dealkylation sites (tertiary alicyclic amines) is 1. The molecule has 0 amide bonds. The fraction of sp³-hybridized carbons (Fsp3) is 0.769. The second-order valence-corrected chi connectivity index (χ2v) is 6.38. The van der Waals surface area contributed by atoms with Crippen molar-refractivity contribution in [3.63, 3.8) is 0 Å². The lowest BCUT2D eigenvalue weighted by Gasteiger charge is -2.44. The van der Waals surface area contributed by atoms with Crippen molar-refractivity contribution in [1.29, 1.82) is 0 Å². The molecule has 17 heavy (non-hydrogen) atoms. The average Bonchev–Trinajstić information content (AvgIpc) is 2.88. The first-order valence-electron chi connectivity index (χ1n) is 6.51. The molecule has 0 bridgehead atoms. The summed E-state index contributed by atoms with van der Waals surface area (Å²) in [5, 5.41) is 0. The Morgan fingerprint density at radius 2 is 2.47 bits per heavy atom. The Morgan fingerprint density at radius 1 is 1.59 bits per heavy atom. The fourth-order valence-electron chi connectivity index (χ4n) is 3.30. The number of rotatable bonds is 4. The number of hydrogen-bond donors (Lipinski definition) is 0. The Kier molecular flexibility index (Phi) is 3.19. The van der Waals surface area contributed by atoms with Crippen LogP contribution in [0.3, 0.4) is 0 Å². The second-order valence-electron chi connectivity index (χ2n) is 5.41. The van der Waals surface area contributed by atoms with E-state index in [0.29, 0.717) is 11.5 Å². The van der Waals surface area contributed by atoms with Crippen LogP contribution in [0.25, 0.3) is 0 Å². The molecule has 0 radical (unpaired) electrons. The first-order chi connectivity index (χ1) is 8.30. The number of hydrogen-bond acceptors (Lipinski definition) is 4. The van der Waals surface area contributed by atoms with E-state index in [1.54, 1.807) is 11.3 Å². The monoisotopic (exact) mass is 252 g/mol. The molecule has 2 aliphatic rings. The fourth-order valence-corrected chi connectivity index (χ4v) is 3.93. The third kappa shape index (κ3) is 2.39. The van der Waals surface area contributed by atoms with Crippen LogP contribution in [0.4, 0.5) is 0 Å². The lowest BCUT2D eigenvalue weighted by atomic mass is 9.66. The van der Waals surface area contributed by atoms with Crippen molar-refractivity contribution in [2.24, 2.45) is 5.41 Å². The minimum Gasteiger partial charge on any atom is -0.378 e. The van der Waals surface area contributed by atoms with Crippen molar-refractivity contribution in [2.45, 2.75) is 38.8 Å². The predicted octanol–water partition coefficient (Wildman–Crippen LogP) is 2.53. The van der Waals surface area contributed by atoms with Crippen LogP contribution in [0, 0.1) is 5.41 Å². The molecular formula is C13H20N2OS. The van der Waals surface area contributed by atoms with Gasteiger partial charge in [0.05, 0.1) is 11.6 Å². The van der Waals surface area contributed by atoms with Crippen LogP contribution in [0.15, 0.2) is 11.7 Å². The highest BCUT2D eigenvalue weighted by atomic mass is 32.1. The normalized spacial score (nSPS) is 33.1. The number of aromatic nitrogens is 1. The molecular weight excluding hydrogens is 232 g/mol. The van der Waals surface area contributed by atoms with E-state index in [1.807, 2.05) is 11.7 Å². The SMILES string of the molecule is CCOC1CC2(CCN(Cc3cncs3)C2)C1. The second kappa shape index (κ2) is 4.67. The summed E-state index contributed by atoms with van der Waals surface area (Å²) in [7, 11) is 0. The van der Waals surface area contributed by atoms with Crippen LogP contribution in [-0.4, -0.2) is 35.7 Å². The van der Waals surface area contributed by atoms with E-state index in [0.717, 1.165) is 13.2 Å². The van der Waals surface area contributed by atoms with Gasteiger partial charge in [-0.25, -0.2) is 0 Å². The molecule has 4 heteroatoms. The highest BCUT2D eigenvalue weighted by molar-refractivity contribution is 7.09. The zero-order valence-electron chi connectivity index (χ0n) is 10.4. The maximum atomic E-state index is 5.68. The Balaban J connectivity index is 1.50. The van der Waals surface area contributed by atoms with E-state index in [1.165, 1.54) is 37.2 Å². The molecule has 2 heterocycles. The first kappa shape index (κ1) is 11.6. The molecule has 3 rings (SSSR count). The van der Waals surface area contributed by atoms with E-state index >= 15 is 0 Å². The van der Waals surface area contributed by atoms with Gasteiger partial charge in [-0.2, -0.15) is 0 Å². The Morgan fingerprint density at radius 3 is 3.18 bits per heavy atom. The summed E-state index contributed by atoms with van der Waals surface area (Å²) in [5.41, 5.74) is 2.51. The van der Waals surface area contributed by atoms with E-state index in [9.17, 15) is 0 Å². The predicted molar refractivity (Wildman–Crippen MR) is 69.1 cm³/mol. The summed E-state index contributed by atoms with van der Waals surface area (Å²) >= 11 is 1.77. The quantitative estimate of drug-likeness (QED) is 0.823. The highest BCUT2D eigenvalue weighted by Gasteiger charge is 2.48. The Bertz CT molecular complexity index is 360. The van der Waals surface area contributed by atoms with Gasteiger partial charge < -0.3 is 4.74 Å². The van der Waals surface area contributed by atoms with Gasteiger partial charge in [-0.1, -0.05) is 0 Å². The molecule has 3 nitrogen and oxygen atoms in total. The zero-order chi connectivity index (χ0) is 11.7. The Hall–Kier alpha value is -0.450. The van der Waals surface area contributed by atoms with Crippen LogP contribution in [0.2, 0.25) is 0 Å². The molecule has 1 aromatic rings. The van der Waals surface area contributed by atoms with Crippen molar-refractivity contribution in [3.05, 3.63) is 16.6 Å². The third-order valence-electron chi connectivity index (χ3n) is 4.10. The average molecular weight is 252 g/mol. The summed E-state index contributed by atoms with van der Waals surface area (Å²) in [6.07, 6.45) is 6.46. The largest absolute Gasteiger partial charge is 0.378 e. The maximum Gasteiger partial charge on any atom is 0.0794 e. The zero-order valence-corrected chi connectivity index (χ0v) is 11.2. The number of ether oxygens (including phenoxy) is 1. The first-order valence-corrected chi connectivity index (χ1v) is 7.39. The molecule has 0 N–H and O–H groups in total. The van der Waals surface area contributed by atoms with E-state index < -0.39 is 0 Å². The van der Waals surface area contributed by atoms with Crippen molar-refractivity contribution < 1.29 is 4.74 Å². The highest BCUT2D eigenvalue weighted by Crippen LogP contribution is 2.49. The van der Waals surface area contributed by atoms with E-state index in [-0.39, 0.29) is 0 Å². The topological polar surface area (TPSA) is 25.4 Å². The number of thiazole rings is 1. The summed E-state index contributed by atoms with van der Waals surface area (Å²) in [4.78, 5) is 8.11. The molecule has 1 aliphatic heterocycles. The van der Waals surface area contributed by atoms with Crippen molar-refractivity contribution in [3.8, 4) is 0 Å². The van der Waals surface area contributed by atoms with Gasteiger partial charge in [0, 0.05) is 30.8 Å². The van der Waals surface area contributed by atoms with E-state index in [2.05, 4.69) is 16.8 Å². The lowest BCUT2D eigenvalue weighted by Crippen LogP contribution is -2.44. The molecule has 2 fully saturated rings. The maximum absolute atomic E-state index is 5.68. The van der Waals surface area contributed by atoms with Crippen molar-refractivity contribution in [1.82, 2.24) is 9.88 Å². The number of nitrogens with zero attached hydrogens (tertiary/aromatic N) is 2. The molecule has 1 aromatic heterocycles. The van der Waals surface area contributed by atoms with Gasteiger partial charge in [-0.15, -0.1) is 11.3 Å². The summed E-state index contributed by atoms with van der Waals surface area (Å²) < 4.78 is 5.68.